The van der Waals surface area contributed by atoms with E-state index >= 15 is 0 Å². The lowest BCUT2D eigenvalue weighted by atomic mass is 10.1. The average molecular weight is 308 g/mol. The minimum absolute atomic E-state index is 0.798. The summed E-state index contributed by atoms with van der Waals surface area (Å²) in [6.07, 6.45) is 3.60. The lowest BCUT2D eigenvalue weighted by Gasteiger charge is -2.29. The van der Waals surface area contributed by atoms with Gasteiger partial charge < -0.3 is 14.6 Å². The lowest BCUT2D eigenvalue weighted by Crippen LogP contribution is -2.36. The third-order valence-corrected chi connectivity index (χ3v) is 3.77. The second kappa shape index (κ2) is 5.12. The fraction of sp³-hybridized carbons (Fsp3) is 0.308. The smallest absolute Gasteiger partial charge is 0.138 e. The molecule has 1 aliphatic heterocycles. The van der Waals surface area contributed by atoms with Crippen molar-refractivity contribution >= 4 is 21.6 Å². The highest BCUT2D eigenvalue weighted by Gasteiger charge is 2.13. The van der Waals surface area contributed by atoms with E-state index in [0.29, 0.717) is 0 Å². The highest BCUT2D eigenvalue weighted by Crippen LogP contribution is 2.30. The van der Waals surface area contributed by atoms with Crippen LogP contribution in [0.4, 0.5) is 5.69 Å². The monoisotopic (exact) mass is 307 g/mol. The van der Waals surface area contributed by atoms with Gasteiger partial charge in [0.2, 0.25) is 0 Å². The van der Waals surface area contributed by atoms with Gasteiger partial charge in [0.15, 0.2) is 0 Å². The number of imidazole rings is 1. The Morgan fingerprint density at radius 3 is 2.83 bits per heavy atom. The number of ether oxygens (including phenoxy) is 1. The maximum atomic E-state index is 5.38. The van der Waals surface area contributed by atoms with E-state index in [0.717, 1.165) is 42.2 Å². The van der Waals surface area contributed by atoms with E-state index in [1.807, 2.05) is 6.20 Å². The fourth-order valence-corrected chi connectivity index (χ4v) is 2.56. The van der Waals surface area contributed by atoms with Gasteiger partial charge in [-0.1, -0.05) is 15.9 Å². The van der Waals surface area contributed by atoms with Crippen molar-refractivity contribution in [2.24, 2.45) is 0 Å². The zero-order chi connectivity index (χ0) is 12.4. The van der Waals surface area contributed by atoms with Crippen LogP contribution in [0.2, 0.25) is 0 Å². The van der Waals surface area contributed by atoms with Crippen LogP contribution < -0.4 is 4.90 Å². The molecule has 2 heterocycles. The highest BCUT2D eigenvalue weighted by molar-refractivity contribution is 9.10. The molecule has 2 aromatic rings. The first-order valence-corrected chi connectivity index (χ1v) is 6.76. The molecule has 1 aliphatic rings. The largest absolute Gasteiger partial charge is 0.378 e. The fourth-order valence-electron chi connectivity index (χ4n) is 2.13. The molecule has 1 aromatic heterocycles. The number of H-pyrrole nitrogens is 1. The molecule has 1 N–H and O–H groups in total. The number of anilines is 1. The number of hydrogen-bond acceptors (Lipinski definition) is 3. The van der Waals surface area contributed by atoms with E-state index in [1.54, 1.807) is 6.20 Å². The van der Waals surface area contributed by atoms with Gasteiger partial charge >= 0.3 is 0 Å². The molecular weight excluding hydrogens is 294 g/mol. The van der Waals surface area contributed by atoms with Crippen LogP contribution >= 0.6 is 15.9 Å². The summed E-state index contributed by atoms with van der Waals surface area (Å²) in [5, 5.41) is 0. The van der Waals surface area contributed by atoms with Crippen LogP contribution in [-0.2, 0) is 4.74 Å². The first-order valence-electron chi connectivity index (χ1n) is 5.96. The molecule has 0 unspecified atom stereocenters. The second-order valence-electron chi connectivity index (χ2n) is 4.20. The van der Waals surface area contributed by atoms with Crippen molar-refractivity contribution in [2.45, 2.75) is 0 Å². The number of morpholine rings is 1. The van der Waals surface area contributed by atoms with Crippen molar-refractivity contribution < 1.29 is 4.74 Å². The highest BCUT2D eigenvalue weighted by atomic mass is 79.9. The topological polar surface area (TPSA) is 41.1 Å². The van der Waals surface area contributed by atoms with Gasteiger partial charge in [-0.05, 0) is 18.2 Å². The lowest BCUT2D eigenvalue weighted by molar-refractivity contribution is 0.122. The van der Waals surface area contributed by atoms with Gasteiger partial charge in [0.1, 0.15) is 5.82 Å². The van der Waals surface area contributed by atoms with Gasteiger partial charge in [-0.15, -0.1) is 0 Å². The van der Waals surface area contributed by atoms with E-state index in [9.17, 15) is 0 Å². The molecule has 4 nitrogen and oxygen atoms in total. The van der Waals surface area contributed by atoms with Crippen LogP contribution in [0.5, 0.6) is 0 Å². The van der Waals surface area contributed by atoms with Crippen molar-refractivity contribution in [2.75, 3.05) is 31.2 Å². The molecule has 5 heteroatoms. The Morgan fingerprint density at radius 2 is 2.11 bits per heavy atom. The van der Waals surface area contributed by atoms with Gasteiger partial charge in [0, 0.05) is 41.2 Å². The number of benzene rings is 1. The van der Waals surface area contributed by atoms with Gasteiger partial charge in [0.25, 0.3) is 0 Å². The number of nitrogens with zero attached hydrogens (tertiary/aromatic N) is 2. The first-order chi connectivity index (χ1) is 8.84. The van der Waals surface area contributed by atoms with Gasteiger partial charge in [-0.25, -0.2) is 4.98 Å². The predicted octanol–water partition coefficient (Wildman–Crippen LogP) is 2.68. The van der Waals surface area contributed by atoms with E-state index in [-0.39, 0.29) is 0 Å². The molecule has 18 heavy (non-hydrogen) atoms. The van der Waals surface area contributed by atoms with E-state index < -0.39 is 0 Å². The van der Waals surface area contributed by atoms with Crippen molar-refractivity contribution in [3.8, 4) is 11.4 Å². The third-order valence-electron chi connectivity index (χ3n) is 3.08. The van der Waals surface area contributed by atoms with Crippen molar-refractivity contribution in [3.05, 3.63) is 35.1 Å². The molecular formula is C13H14BrN3O. The third kappa shape index (κ3) is 2.28. The molecule has 94 valence electrons. The Hall–Kier alpha value is -1.33. The van der Waals surface area contributed by atoms with Gasteiger partial charge in [0.05, 0.1) is 13.2 Å². The Morgan fingerprint density at radius 1 is 1.28 bits per heavy atom. The molecule has 0 atom stereocenters. The molecule has 0 amide bonds. The summed E-state index contributed by atoms with van der Waals surface area (Å²) < 4.78 is 6.43. The molecule has 0 radical (unpaired) electrons. The number of halogens is 1. The molecule has 0 bridgehead atoms. The second-order valence-corrected chi connectivity index (χ2v) is 5.06. The maximum absolute atomic E-state index is 5.38. The number of rotatable bonds is 2. The Balaban J connectivity index is 1.95. The molecule has 1 saturated heterocycles. The molecule has 0 spiro atoms. The first kappa shape index (κ1) is 11.7. The minimum atomic E-state index is 0.798. The number of aromatic amines is 1. The van der Waals surface area contributed by atoms with Gasteiger partial charge in [-0.3, -0.25) is 0 Å². The van der Waals surface area contributed by atoms with Crippen LogP contribution in [0.25, 0.3) is 11.4 Å². The number of aromatic nitrogens is 2. The summed E-state index contributed by atoms with van der Waals surface area (Å²) in [5.74, 6) is 0.886. The molecule has 0 aliphatic carbocycles. The standard InChI is InChI=1S/C13H14BrN3O/c14-12-2-1-10(17-5-7-18-8-6-17)9-11(12)13-15-3-4-16-13/h1-4,9H,5-8H2,(H,15,16). The van der Waals surface area contributed by atoms with Crippen molar-refractivity contribution in [1.82, 2.24) is 9.97 Å². The van der Waals surface area contributed by atoms with Crippen LogP contribution in [0.3, 0.4) is 0 Å². The van der Waals surface area contributed by atoms with Crippen molar-refractivity contribution in [1.29, 1.82) is 0 Å². The number of nitrogens with one attached hydrogen (secondary N) is 1. The van der Waals surface area contributed by atoms with Crippen LogP contribution in [0.15, 0.2) is 35.1 Å². The zero-order valence-corrected chi connectivity index (χ0v) is 11.5. The quantitative estimate of drug-likeness (QED) is 0.927. The Kier molecular flexibility index (Phi) is 3.34. The Bertz CT molecular complexity index is 521. The van der Waals surface area contributed by atoms with Crippen molar-refractivity contribution in [3.63, 3.8) is 0 Å². The molecule has 3 rings (SSSR count). The SMILES string of the molecule is Brc1ccc(N2CCOCC2)cc1-c1ncc[nH]1. The summed E-state index contributed by atoms with van der Waals surface area (Å²) in [7, 11) is 0. The summed E-state index contributed by atoms with van der Waals surface area (Å²) in [6.45, 7) is 3.48. The summed E-state index contributed by atoms with van der Waals surface area (Å²) in [6, 6.07) is 6.36. The predicted molar refractivity (Wildman–Crippen MR) is 74.8 cm³/mol. The van der Waals surface area contributed by atoms with Gasteiger partial charge in [-0.2, -0.15) is 0 Å². The summed E-state index contributed by atoms with van der Waals surface area (Å²) in [5.41, 5.74) is 2.30. The zero-order valence-electron chi connectivity index (χ0n) is 9.90. The number of hydrogen-bond donors (Lipinski definition) is 1. The molecule has 1 aromatic carbocycles. The summed E-state index contributed by atoms with van der Waals surface area (Å²) >= 11 is 3.57. The van der Waals surface area contributed by atoms with E-state index in [1.165, 1.54) is 5.69 Å². The van der Waals surface area contributed by atoms with E-state index in [2.05, 4.69) is 49.0 Å². The van der Waals surface area contributed by atoms with E-state index in [4.69, 9.17) is 4.74 Å². The average Bonchev–Trinajstić information content (AvgIpc) is 2.94. The van der Waals surface area contributed by atoms with Crippen LogP contribution in [-0.4, -0.2) is 36.3 Å². The van der Waals surface area contributed by atoms with Crippen LogP contribution in [0, 0.1) is 0 Å². The normalized spacial score (nSPS) is 15.9. The minimum Gasteiger partial charge on any atom is -0.378 e. The molecule has 1 fully saturated rings. The maximum Gasteiger partial charge on any atom is 0.138 e. The van der Waals surface area contributed by atoms with Crippen LogP contribution in [0.1, 0.15) is 0 Å². The summed E-state index contributed by atoms with van der Waals surface area (Å²) in [4.78, 5) is 9.78. The Labute approximate surface area is 114 Å². The molecule has 0 saturated carbocycles.